The van der Waals surface area contributed by atoms with Crippen LogP contribution in [0.5, 0.6) is 0 Å². The van der Waals surface area contributed by atoms with E-state index < -0.39 is 35.9 Å². The van der Waals surface area contributed by atoms with Crippen molar-refractivity contribution in [3.63, 3.8) is 0 Å². The third-order valence-electron chi connectivity index (χ3n) is 5.60. The van der Waals surface area contributed by atoms with Crippen LogP contribution >= 0.6 is 0 Å². The van der Waals surface area contributed by atoms with Gasteiger partial charge in [-0.05, 0) is 43.9 Å². The number of H-pyrrole nitrogens is 1. The van der Waals surface area contributed by atoms with Gasteiger partial charge in [-0.3, -0.25) is 14.6 Å². The van der Waals surface area contributed by atoms with Crippen molar-refractivity contribution in [2.24, 2.45) is 27.9 Å². The Balaban J connectivity index is 2.15. The Morgan fingerprint density at radius 2 is 1.71 bits per heavy atom. The average Bonchev–Trinajstić information content (AvgIpc) is 3.23. The van der Waals surface area contributed by atoms with Gasteiger partial charge in [0, 0.05) is 30.1 Å². The lowest BCUT2D eigenvalue weighted by atomic mass is 10.0. The Bertz CT molecular complexity index is 1020. The number of hydrogen-bond acceptors (Lipinski definition) is 6. The Kier molecular flexibility index (Phi) is 11.0. The average molecular weight is 489 g/mol. The number of aliphatic carboxylic acids is 1. The van der Waals surface area contributed by atoms with Gasteiger partial charge in [-0.15, -0.1) is 0 Å². The molecule has 0 aliphatic carbocycles. The van der Waals surface area contributed by atoms with E-state index in [1.165, 1.54) is 0 Å². The largest absolute Gasteiger partial charge is 0.480 e. The molecule has 0 fully saturated rings. The van der Waals surface area contributed by atoms with Crippen LogP contribution in [0.1, 0.15) is 37.7 Å². The molecule has 2 rings (SSSR count). The van der Waals surface area contributed by atoms with E-state index in [2.05, 4.69) is 20.6 Å². The highest BCUT2D eigenvalue weighted by Gasteiger charge is 2.28. The minimum Gasteiger partial charge on any atom is -0.480 e. The minimum atomic E-state index is -1.20. The predicted molar refractivity (Wildman–Crippen MR) is 134 cm³/mol. The number of guanidine groups is 1. The molecule has 3 unspecified atom stereocenters. The van der Waals surface area contributed by atoms with Crippen LogP contribution < -0.4 is 33.6 Å². The van der Waals surface area contributed by atoms with Crippen LogP contribution in [0.2, 0.25) is 0 Å². The van der Waals surface area contributed by atoms with Gasteiger partial charge in [0.25, 0.3) is 0 Å². The molecule has 35 heavy (non-hydrogen) atoms. The molecule has 12 heteroatoms. The number of benzene rings is 1. The molecule has 1 heterocycles. The van der Waals surface area contributed by atoms with E-state index >= 15 is 0 Å². The van der Waals surface area contributed by atoms with Crippen molar-refractivity contribution in [2.45, 2.75) is 56.7 Å². The van der Waals surface area contributed by atoms with E-state index in [0.717, 1.165) is 22.9 Å². The number of aliphatic imine (C=N–C) groups is 1. The van der Waals surface area contributed by atoms with E-state index in [-0.39, 0.29) is 25.3 Å². The van der Waals surface area contributed by atoms with Gasteiger partial charge < -0.3 is 43.7 Å². The Labute approximate surface area is 203 Å². The third kappa shape index (κ3) is 8.91. The van der Waals surface area contributed by atoms with Gasteiger partial charge in [0.15, 0.2) is 5.96 Å². The first-order valence-corrected chi connectivity index (χ1v) is 11.6. The maximum absolute atomic E-state index is 13.2. The van der Waals surface area contributed by atoms with Crippen LogP contribution in [-0.2, 0) is 20.8 Å². The van der Waals surface area contributed by atoms with Gasteiger partial charge in [-0.25, -0.2) is 4.79 Å². The number of amides is 2. The van der Waals surface area contributed by atoms with Gasteiger partial charge in [-0.1, -0.05) is 24.6 Å². The van der Waals surface area contributed by atoms with Crippen LogP contribution in [0.15, 0.2) is 35.5 Å². The number of carbonyl (C=O) groups is 3. The molecular weight excluding hydrogens is 452 g/mol. The number of carboxylic acids is 1. The lowest BCUT2D eigenvalue weighted by Gasteiger charge is -2.23. The summed E-state index contributed by atoms with van der Waals surface area (Å²) < 4.78 is 0. The van der Waals surface area contributed by atoms with Crippen molar-refractivity contribution in [2.75, 3.05) is 13.1 Å². The zero-order valence-electron chi connectivity index (χ0n) is 19.7. The fourth-order valence-corrected chi connectivity index (χ4v) is 3.68. The molecule has 1 aromatic carbocycles. The van der Waals surface area contributed by atoms with E-state index in [1.54, 1.807) is 6.20 Å². The summed E-state index contributed by atoms with van der Waals surface area (Å²) in [6.45, 7) is 0.731. The standard InChI is InChI=1S/C23H36N8O4/c24-10-4-3-7-16(25)20(32)31-19(12-14-13-29-17-8-2-1-6-15(14)17)21(33)30-18(22(34)35)9-5-11-28-23(26)27/h1-2,6,8,13,16,18-19,29H,3-5,7,9-12,24-25H2,(H,30,33)(H,31,32)(H,34,35)(H4,26,27,28). The molecule has 12 N–H and O–H groups in total. The van der Waals surface area contributed by atoms with Crippen LogP contribution in [-0.4, -0.2) is 65.0 Å². The van der Waals surface area contributed by atoms with Crippen LogP contribution in [0, 0.1) is 0 Å². The Morgan fingerprint density at radius 3 is 2.40 bits per heavy atom. The number of para-hydroxylation sites is 1. The second-order valence-electron chi connectivity index (χ2n) is 8.36. The Morgan fingerprint density at radius 1 is 1.00 bits per heavy atom. The lowest BCUT2D eigenvalue weighted by Crippen LogP contribution is -2.55. The van der Waals surface area contributed by atoms with Crippen molar-refractivity contribution >= 4 is 34.6 Å². The number of aromatic nitrogens is 1. The lowest BCUT2D eigenvalue weighted by molar-refractivity contribution is -0.142. The Hall–Kier alpha value is -3.64. The first-order valence-electron chi connectivity index (χ1n) is 11.6. The molecule has 2 aromatic rings. The van der Waals surface area contributed by atoms with Gasteiger partial charge in [0.2, 0.25) is 11.8 Å². The molecule has 0 spiro atoms. The van der Waals surface area contributed by atoms with E-state index in [9.17, 15) is 19.5 Å². The number of fused-ring (bicyclic) bond motifs is 1. The zero-order chi connectivity index (χ0) is 25.8. The van der Waals surface area contributed by atoms with Crippen LogP contribution in [0.4, 0.5) is 0 Å². The summed E-state index contributed by atoms with van der Waals surface area (Å²) in [5.41, 5.74) is 23.8. The molecule has 2 amide bonds. The van der Waals surface area contributed by atoms with Crippen LogP contribution in [0.3, 0.4) is 0 Å². The van der Waals surface area contributed by atoms with Crippen LogP contribution in [0.25, 0.3) is 10.9 Å². The number of nitrogens with one attached hydrogen (secondary N) is 3. The molecule has 0 radical (unpaired) electrons. The first-order chi connectivity index (χ1) is 16.7. The molecular formula is C23H36N8O4. The van der Waals surface area contributed by atoms with Crippen molar-refractivity contribution < 1.29 is 19.5 Å². The van der Waals surface area contributed by atoms with Crippen molar-refractivity contribution in [1.29, 1.82) is 0 Å². The number of nitrogens with zero attached hydrogens (tertiary/aromatic N) is 1. The summed E-state index contributed by atoms with van der Waals surface area (Å²) in [6, 6.07) is 4.55. The topological polar surface area (TPSA) is 228 Å². The number of unbranched alkanes of at least 4 members (excludes halogenated alkanes) is 1. The van der Waals surface area contributed by atoms with Gasteiger partial charge in [0.1, 0.15) is 12.1 Å². The maximum Gasteiger partial charge on any atom is 0.326 e. The number of carboxylic acid groups (broad SMARTS) is 1. The normalized spacial score (nSPS) is 13.5. The van der Waals surface area contributed by atoms with Crippen molar-refractivity contribution in [1.82, 2.24) is 15.6 Å². The molecule has 3 atom stereocenters. The summed E-state index contributed by atoms with van der Waals surface area (Å²) >= 11 is 0. The molecule has 192 valence electrons. The monoisotopic (exact) mass is 488 g/mol. The number of aromatic amines is 1. The fourth-order valence-electron chi connectivity index (χ4n) is 3.68. The zero-order valence-corrected chi connectivity index (χ0v) is 19.7. The first kappa shape index (κ1) is 27.6. The highest BCUT2D eigenvalue weighted by atomic mass is 16.4. The van der Waals surface area contributed by atoms with E-state index in [0.29, 0.717) is 25.8 Å². The number of hydrogen-bond donors (Lipinski definition) is 8. The SMILES string of the molecule is NCCCCC(N)C(=O)NC(Cc1c[nH]c2ccccc12)C(=O)NC(CCCN=C(N)N)C(=O)O. The summed E-state index contributed by atoms with van der Waals surface area (Å²) in [6.07, 6.45) is 4.22. The molecule has 0 aliphatic heterocycles. The smallest absolute Gasteiger partial charge is 0.326 e. The van der Waals surface area contributed by atoms with Crippen molar-refractivity contribution in [3.05, 3.63) is 36.0 Å². The van der Waals surface area contributed by atoms with E-state index in [4.69, 9.17) is 22.9 Å². The molecule has 0 bridgehead atoms. The molecule has 1 aromatic heterocycles. The van der Waals surface area contributed by atoms with E-state index in [1.807, 2.05) is 24.3 Å². The maximum atomic E-state index is 13.2. The number of nitrogens with two attached hydrogens (primary N) is 4. The summed E-state index contributed by atoms with van der Waals surface area (Å²) in [7, 11) is 0. The summed E-state index contributed by atoms with van der Waals surface area (Å²) in [4.78, 5) is 44.6. The minimum absolute atomic E-state index is 0.0924. The summed E-state index contributed by atoms with van der Waals surface area (Å²) in [5.74, 6) is -2.39. The van der Waals surface area contributed by atoms with Gasteiger partial charge in [0.05, 0.1) is 6.04 Å². The second-order valence-corrected chi connectivity index (χ2v) is 8.36. The molecule has 0 aliphatic rings. The fraction of sp³-hybridized carbons (Fsp3) is 0.478. The number of carbonyl (C=O) groups excluding carboxylic acids is 2. The second kappa shape index (κ2) is 13.9. The molecule has 0 saturated heterocycles. The third-order valence-corrected chi connectivity index (χ3v) is 5.60. The van der Waals surface area contributed by atoms with Crippen molar-refractivity contribution in [3.8, 4) is 0 Å². The summed E-state index contributed by atoms with van der Waals surface area (Å²) in [5, 5.41) is 15.7. The molecule has 12 nitrogen and oxygen atoms in total. The number of rotatable bonds is 15. The van der Waals surface area contributed by atoms with Gasteiger partial charge >= 0.3 is 5.97 Å². The molecule has 0 saturated carbocycles. The quantitative estimate of drug-likeness (QED) is 0.0903. The van der Waals surface area contributed by atoms with Gasteiger partial charge in [-0.2, -0.15) is 0 Å². The predicted octanol–water partition coefficient (Wildman–Crippen LogP) is -0.725. The highest BCUT2D eigenvalue weighted by molar-refractivity contribution is 5.93. The highest BCUT2D eigenvalue weighted by Crippen LogP contribution is 2.19.